The van der Waals surface area contributed by atoms with E-state index in [0.29, 0.717) is 111 Å². The van der Waals surface area contributed by atoms with E-state index < -0.39 is 30.6 Å². The lowest BCUT2D eigenvalue weighted by atomic mass is 9.91. The zero-order valence-electron chi connectivity index (χ0n) is 49.3. The summed E-state index contributed by atoms with van der Waals surface area (Å²) >= 11 is 2.89. The third-order valence-corrected chi connectivity index (χ3v) is 19.4. The molecule has 4 fully saturated rings. The van der Waals surface area contributed by atoms with E-state index in [9.17, 15) is 42.9 Å². The van der Waals surface area contributed by atoms with Crippen LogP contribution in [-0.4, -0.2) is 156 Å². The van der Waals surface area contributed by atoms with Crippen LogP contribution in [0.2, 0.25) is 0 Å². The van der Waals surface area contributed by atoms with Crippen LogP contribution < -0.4 is 20.7 Å². The minimum absolute atomic E-state index is 0.0392. The van der Waals surface area contributed by atoms with Gasteiger partial charge in [0, 0.05) is 136 Å². The number of thiophene rings is 1. The van der Waals surface area contributed by atoms with Gasteiger partial charge in [0.05, 0.1) is 24.0 Å². The van der Waals surface area contributed by atoms with E-state index >= 15 is 8.78 Å². The van der Waals surface area contributed by atoms with Crippen LogP contribution in [0.4, 0.5) is 14.5 Å². The van der Waals surface area contributed by atoms with Crippen molar-refractivity contribution < 1.29 is 65.5 Å². The van der Waals surface area contributed by atoms with Gasteiger partial charge in [-0.1, -0.05) is 75.8 Å². The number of primary amides is 1. The smallest absolute Gasteiger partial charge is 0.404 e. The van der Waals surface area contributed by atoms with Crippen molar-refractivity contribution in [3.05, 3.63) is 88.6 Å². The fraction of sp³-hybridized carbons (Fsp3) is 0.550. The number of hydrogen-bond acceptors (Lipinski definition) is 17. The molecule has 0 saturated carbocycles. The van der Waals surface area contributed by atoms with Crippen molar-refractivity contribution in [1.82, 2.24) is 25.0 Å². The molecule has 0 spiro atoms. The molecule has 2 atom stereocenters. The lowest BCUT2D eigenvalue weighted by molar-refractivity contribution is -0.133. The van der Waals surface area contributed by atoms with Crippen molar-refractivity contribution in [3.63, 3.8) is 0 Å². The molecule has 85 heavy (non-hydrogen) atoms. The summed E-state index contributed by atoms with van der Waals surface area (Å²) in [5, 5.41) is 2.75. The lowest BCUT2D eigenvalue weighted by Gasteiger charge is -2.41. The molecule has 2 unspecified atom stereocenters. The number of carbonyl (C=O) groups excluding carboxylic acids is 8. The Morgan fingerprint density at radius 3 is 2.13 bits per heavy atom. The largest absolute Gasteiger partial charge is 0.484 e. The van der Waals surface area contributed by atoms with Gasteiger partial charge in [0.2, 0.25) is 18.2 Å². The second kappa shape index (κ2) is 35.8. The monoisotopic (exact) mass is 1260 g/mol. The second-order valence-corrected chi connectivity index (χ2v) is 25.8. The number of anilines is 1. The summed E-state index contributed by atoms with van der Waals surface area (Å²) in [6.45, 7) is 11.9. The van der Waals surface area contributed by atoms with Gasteiger partial charge in [-0.2, -0.15) is 8.78 Å². The summed E-state index contributed by atoms with van der Waals surface area (Å²) in [5.41, 5.74) is 3.72. The van der Waals surface area contributed by atoms with Crippen LogP contribution in [0.3, 0.4) is 0 Å². The number of likely N-dealkylation sites (N-methyl/N-ethyl adjacent to an activating group) is 1. The van der Waals surface area contributed by atoms with Gasteiger partial charge >= 0.3 is 13.3 Å². The SMILES string of the molecule is CC.CCCC(=O)SCCOP(=O)(OCCSC(=O)CCC)C(F)(F)c1ccc2sc(C(N)=O)cc2c1.CNC(=O)C(CCC=O)c1ccc(OCC(=O)N2CCN(c3ccncc3C3CN(C=O)C3)CC2)cc1.O=C1CCCCC2CCCN12. The number of piperazine rings is 1. The minimum Gasteiger partial charge on any atom is -0.484 e. The van der Waals surface area contributed by atoms with Crippen molar-refractivity contribution in [2.24, 2.45) is 5.73 Å². The number of rotatable bonds is 26. The number of halogens is 2. The highest BCUT2D eigenvalue weighted by Crippen LogP contribution is 2.67. The standard InChI is InChI=1S/C27H33N5O5.C22H28F2NO6PS3.C9H15NO.C2H6/c1-28-27(36)23(3-2-14-33)20-4-6-22(7-5-20)37-18-26(35)32-12-10-31(11-13-32)25-8-9-29-15-24(25)21-16-30(17-21)19-34;1-3-5-19(26)33-11-9-30-32(29,31-10-12-34-20(27)6-4-2)22(23,24)16-7-8-17-15(13-16)14-18(35-17)21(25)28;11-9-6-2-1-4-8-5-3-7-10(8)9;1-2/h4-9,14-15,19,21,23H,2-3,10-13,16-18H2,1H3,(H,28,36);7-8,13-14H,3-6,9-12H2,1-2H3,(H2,25,28);8H,1-7H2;1-2H3. The molecule has 19 nitrogen and oxygen atoms in total. The Bertz CT molecular complexity index is 2860. The molecule has 3 N–H and O–H groups in total. The molecule has 6 heterocycles. The molecule has 4 aliphatic heterocycles. The number of benzene rings is 2. The van der Waals surface area contributed by atoms with Crippen LogP contribution in [0.25, 0.3) is 10.1 Å². The molecule has 2 aromatic heterocycles. The number of nitrogens with two attached hydrogens (primary N) is 1. The van der Waals surface area contributed by atoms with Crippen molar-refractivity contribution in [2.45, 2.75) is 128 Å². The Morgan fingerprint density at radius 2 is 1.53 bits per heavy atom. The van der Waals surface area contributed by atoms with Crippen molar-refractivity contribution in [2.75, 3.05) is 89.1 Å². The molecule has 0 bridgehead atoms. The fourth-order valence-corrected chi connectivity index (χ4v) is 14.2. The van der Waals surface area contributed by atoms with E-state index in [1.165, 1.54) is 37.8 Å². The van der Waals surface area contributed by atoms with Gasteiger partial charge in [0.25, 0.3) is 11.8 Å². The van der Waals surface area contributed by atoms with E-state index in [4.69, 9.17) is 19.5 Å². The highest BCUT2D eigenvalue weighted by atomic mass is 32.2. The van der Waals surface area contributed by atoms with Crippen LogP contribution in [0, 0.1) is 0 Å². The van der Waals surface area contributed by atoms with Gasteiger partial charge in [-0.05, 0) is 92.3 Å². The molecule has 8 rings (SSSR count). The molecule has 4 aliphatic rings. The molecule has 4 aromatic rings. The molecular formula is C60H82F2N7O12PS3. The van der Waals surface area contributed by atoms with E-state index in [0.717, 1.165) is 95.9 Å². The number of ether oxygens (including phenoxy) is 1. The number of fused-ring (bicyclic) bond motifs is 2. The maximum absolute atomic E-state index is 15.6. The van der Waals surface area contributed by atoms with E-state index in [-0.39, 0.29) is 58.2 Å². The van der Waals surface area contributed by atoms with E-state index in [1.54, 1.807) is 42.4 Å². The maximum Gasteiger partial charge on any atom is 0.404 e. The minimum atomic E-state index is -5.06. The van der Waals surface area contributed by atoms with Gasteiger partial charge in [0.1, 0.15) is 12.0 Å². The third-order valence-electron chi connectivity index (χ3n) is 14.5. The number of nitrogens with zero attached hydrogens (tertiary/aromatic N) is 5. The van der Waals surface area contributed by atoms with Crippen LogP contribution in [0.15, 0.2) is 67.0 Å². The first-order valence-electron chi connectivity index (χ1n) is 29.2. The topological polar surface area (TPSA) is 245 Å². The Labute approximate surface area is 510 Å². The number of alkyl halides is 2. The van der Waals surface area contributed by atoms with Gasteiger partial charge < -0.3 is 49.2 Å². The molecule has 0 radical (unpaired) electrons. The highest BCUT2D eigenvalue weighted by molar-refractivity contribution is 8.13. The summed E-state index contributed by atoms with van der Waals surface area (Å²) in [6.07, 6.45) is 15.0. The second-order valence-electron chi connectivity index (χ2n) is 20.3. The molecule has 2 aromatic carbocycles. The van der Waals surface area contributed by atoms with Gasteiger partial charge in [-0.3, -0.25) is 43.1 Å². The van der Waals surface area contributed by atoms with Crippen molar-refractivity contribution in [1.29, 1.82) is 0 Å². The zero-order valence-corrected chi connectivity index (χ0v) is 52.7. The predicted molar refractivity (Wildman–Crippen MR) is 330 cm³/mol. The number of aromatic nitrogens is 1. The average molecular weight is 1260 g/mol. The number of thioether (sulfide) groups is 2. The number of hydrogen-bond donors (Lipinski definition) is 2. The van der Waals surface area contributed by atoms with Crippen molar-refractivity contribution in [3.8, 4) is 5.75 Å². The highest BCUT2D eigenvalue weighted by Gasteiger charge is 2.55. The Hall–Kier alpha value is -5.78. The van der Waals surface area contributed by atoms with Crippen molar-refractivity contribution >= 4 is 105 Å². The van der Waals surface area contributed by atoms with Gasteiger partial charge in [-0.25, -0.2) is 0 Å². The molecule has 5 amide bonds. The Balaban J connectivity index is 0.000000256. The number of likely N-dealkylation sites (tertiary alicyclic amines) is 1. The number of pyridine rings is 1. The first kappa shape index (κ1) is 70.0. The normalized spacial score (nSPS) is 16.4. The first-order chi connectivity index (χ1) is 40.9. The molecule has 466 valence electrons. The summed E-state index contributed by atoms with van der Waals surface area (Å²) in [5.74, 6) is 0.0316. The number of aldehydes is 1. The molecule has 4 saturated heterocycles. The molecule has 0 aliphatic carbocycles. The number of nitrogens with one attached hydrogen (secondary N) is 1. The Morgan fingerprint density at radius 1 is 0.882 bits per heavy atom. The summed E-state index contributed by atoms with van der Waals surface area (Å²) in [7, 11) is -3.48. The average Bonchev–Trinajstić information content (AvgIpc) is 3.72. The zero-order chi connectivity index (χ0) is 61.9. The van der Waals surface area contributed by atoms with E-state index in [1.807, 2.05) is 44.9 Å². The third kappa shape index (κ3) is 20.4. The number of amides is 5. The summed E-state index contributed by atoms with van der Waals surface area (Å²) in [6, 6.07) is 14.7. The van der Waals surface area contributed by atoms with Crippen LogP contribution in [0.1, 0.15) is 143 Å². The maximum atomic E-state index is 15.6. The predicted octanol–water partition coefficient (Wildman–Crippen LogP) is 10.1. The Kier molecular flexibility index (Phi) is 29.4. The summed E-state index contributed by atoms with van der Waals surface area (Å²) in [4.78, 5) is 105. The fourth-order valence-electron chi connectivity index (χ4n) is 10.0. The van der Waals surface area contributed by atoms with Gasteiger partial charge in [0.15, 0.2) is 16.8 Å². The molecule has 25 heteroatoms. The van der Waals surface area contributed by atoms with Crippen LogP contribution >= 0.6 is 42.5 Å². The van der Waals surface area contributed by atoms with Crippen LogP contribution in [-0.2, 0) is 52.8 Å². The first-order valence-corrected chi connectivity index (χ1v) is 33.5. The van der Waals surface area contributed by atoms with E-state index in [2.05, 4.69) is 20.1 Å². The van der Waals surface area contributed by atoms with Crippen LogP contribution in [0.5, 0.6) is 5.75 Å². The quantitative estimate of drug-likeness (QED) is 0.0337. The lowest BCUT2D eigenvalue weighted by Crippen LogP contribution is -2.51. The number of carbonyl (C=O) groups is 8. The summed E-state index contributed by atoms with van der Waals surface area (Å²) < 4.78 is 61.0. The molecular weight excluding hydrogens is 1180 g/mol. The van der Waals surface area contributed by atoms with Gasteiger partial charge in [-0.15, -0.1) is 11.3 Å².